The summed E-state index contributed by atoms with van der Waals surface area (Å²) in [6.45, 7) is 3.31. The summed E-state index contributed by atoms with van der Waals surface area (Å²) in [7, 11) is 0. The maximum Gasteiger partial charge on any atom is 0.141 e. The monoisotopic (exact) mass is 301 g/mol. The molecule has 0 bridgehead atoms. The van der Waals surface area contributed by atoms with Crippen LogP contribution in [0.15, 0.2) is 29.2 Å². The van der Waals surface area contributed by atoms with Crippen LogP contribution in [0.2, 0.25) is 0 Å². The van der Waals surface area contributed by atoms with Crippen LogP contribution in [0, 0.1) is 0 Å². The van der Waals surface area contributed by atoms with Crippen molar-refractivity contribution in [2.24, 2.45) is 0 Å². The van der Waals surface area contributed by atoms with Crippen molar-refractivity contribution in [3.8, 4) is 0 Å². The third kappa shape index (κ3) is 1.77. The van der Waals surface area contributed by atoms with Crippen molar-refractivity contribution < 1.29 is 0 Å². The van der Waals surface area contributed by atoms with E-state index in [1.807, 2.05) is 11.3 Å². The molecule has 0 saturated carbocycles. The van der Waals surface area contributed by atoms with E-state index < -0.39 is 0 Å². The number of nitrogens with zero attached hydrogens (tertiary/aromatic N) is 3. The number of hydrogen-bond donors (Lipinski definition) is 0. The van der Waals surface area contributed by atoms with Crippen molar-refractivity contribution >= 4 is 38.7 Å². The largest absolute Gasteiger partial charge is 0.349 e. The normalized spacial score (nSPS) is 18.4. The van der Waals surface area contributed by atoms with Gasteiger partial charge in [-0.3, -0.25) is 0 Å². The summed E-state index contributed by atoms with van der Waals surface area (Å²) in [4.78, 5) is 14.0. The lowest BCUT2D eigenvalue weighted by Crippen LogP contribution is -2.35. The van der Waals surface area contributed by atoms with E-state index in [2.05, 4.69) is 44.7 Å². The third-order valence-corrected chi connectivity index (χ3v) is 5.81. The summed E-state index contributed by atoms with van der Waals surface area (Å²) >= 11 is 3.58. The van der Waals surface area contributed by atoms with E-state index in [1.165, 1.54) is 10.9 Å². The maximum atomic E-state index is 4.58. The van der Waals surface area contributed by atoms with Crippen LogP contribution in [0.5, 0.6) is 0 Å². The van der Waals surface area contributed by atoms with E-state index in [-0.39, 0.29) is 0 Å². The van der Waals surface area contributed by atoms with Crippen molar-refractivity contribution in [1.29, 1.82) is 0 Å². The Hall–Kier alpha value is -1.46. The van der Waals surface area contributed by atoms with Gasteiger partial charge >= 0.3 is 0 Å². The van der Waals surface area contributed by atoms with Gasteiger partial charge in [-0.05, 0) is 41.3 Å². The number of thiophene rings is 2. The molecule has 3 aromatic rings. The minimum Gasteiger partial charge on any atom is -0.349 e. The third-order valence-electron chi connectivity index (χ3n) is 3.99. The van der Waals surface area contributed by atoms with Crippen LogP contribution < -0.4 is 4.90 Å². The molecule has 0 amide bonds. The van der Waals surface area contributed by atoms with Crippen molar-refractivity contribution in [1.82, 2.24) is 9.97 Å². The van der Waals surface area contributed by atoms with Crippen molar-refractivity contribution in [3.05, 3.63) is 39.7 Å². The van der Waals surface area contributed by atoms with E-state index >= 15 is 0 Å². The van der Waals surface area contributed by atoms with Crippen molar-refractivity contribution in [2.45, 2.75) is 25.8 Å². The predicted octanol–water partition coefficient (Wildman–Crippen LogP) is 4.27. The molecule has 0 aliphatic carbocycles. The minimum absolute atomic E-state index is 0.447. The van der Waals surface area contributed by atoms with Crippen LogP contribution in [0.25, 0.3) is 10.2 Å². The second-order valence-corrected chi connectivity index (χ2v) is 6.90. The number of rotatable bonds is 2. The zero-order chi connectivity index (χ0) is 13.5. The summed E-state index contributed by atoms with van der Waals surface area (Å²) in [5.74, 6) is 1.10. The quantitative estimate of drug-likeness (QED) is 0.708. The van der Waals surface area contributed by atoms with Gasteiger partial charge in [0.1, 0.15) is 17.0 Å². The van der Waals surface area contributed by atoms with Gasteiger partial charge in [-0.15, -0.1) is 22.7 Å². The lowest BCUT2D eigenvalue weighted by Gasteiger charge is -2.36. The van der Waals surface area contributed by atoms with Crippen LogP contribution in [0.3, 0.4) is 0 Å². The Morgan fingerprint density at radius 3 is 3.05 bits per heavy atom. The van der Waals surface area contributed by atoms with Crippen molar-refractivity contribution in [2.75, 3.05) is 11.4 Å². The highest BCUT2D eigenvalue weighted by Gasteiger charge is 2.28. The van der Waals surface area contributed by atoms with Gasteiger partial charge < -0.3 is 4.90 Å². The average Bonchev–Trinajstić information content (AvgIpc) is 3.13. The van der Waals surface area contributed by atoms with E-state index in [9.17, 15) is 0 Å². The first-order chi connectivity index (χ1) is 9.88. The Labute approximate surface area is 125 Å². The molecule has 0 saturated heterocycles. The van der Waals surface area contributed by atoms with Gasteiger partial charge in [0.2, 0.25) is 0 Å². The molecule has 0 unspecified atom stereocenters. The molecule has 0 spiro atoms. The highest BCUT2D eigenvalue weighted by Crippen LogP contribution is 2.39. The Balaban J connectivity index is 1.84. The van der Waals surface area contributed by atoms with Gasteiger partial charge in [0.25, 0.3) is 0 Å². The SMILES string of the molecule is CC[C@H]1c2ccsc2CCN1c1ncnc2sccc12. The van der Waals surface area contributed by atoms with E-state index in [0.717, 1.165) is 30.0 Å². The molecule has 4 rings (SSSR count). The summed E-state index contributed by atoms with van der Waals surface area (Å²) in [5, 5.41) is 5.51. The molecule has 5 heteroatoms. The molecular formula is C15H15N3S2. The van der Waals surface area contributed by atoms with E-state index in [0.29, 0.717) is 6.04 Å². The summed E-state index contributed by atoms with van der Waals surface area (Å²) < 4.78 is 0. The molecule has 102 valence electrons. The average molecular weight is 301 g/mol. The molecule has 3 nitrogen and oxygen atoms in total. The minimum atomic E-state index is 0.447. The Morgan fingerprint density at radius 2 is 2.15 bits per heavy atom. The van der Waals surface area contributed by atoms with Gasteiger partial charge in [-0.25, -0.2) is 9.97 Å². The number of anilines is 1. The van der Waals surface area contributed by atoms with E-state index in [1.54, 1.807) is 22.5 Å². The summed E-state index contributed by atoms with van der Waals surface area (Å²) in [6, 6.07) is 4.88. The number of hydrogen-bond acceptors (Lipinski definition) is 5. The van der Waals surface area contributed by atoms with Gasteiger partial charge in [0.15, 0.2) is 0 Å². The fourth-order valence-corrected chi connectivity index (χ4v) is 4.75. The highest BCUT2D eigenvalue weighted by molar-refractivity contribution is 7.16. The maximum absolute atomic E-state index is 4.58. The highest BCUT2D eigenvalue weighted by atomic mass is 32.1. The number of fused-ring (bicyclic) bond motifs is 2. The molecule has 4 heterocycles. The fraction of sp³-hybridized carbons (Fsp3) is 0.333. The first-order valence-electron chi connectivity index (χ1n) is 6.89. The van der Waals surface area contributed by atoms with Crippen LogP contribution in [-0.2, 0) is 6.42 Å². The Bertz CT molecular complexity index is 746. The number of aromatic nitrogens is 2. The fourth-order valence-electron chi connectivity index (χ4n) is 3.10. The predicted molar refractivity (Wildman–Crippen MR) is 85.8 cm³/mol. The lowest BCUT2D eigenvalue weighted by atomic mass is 9.97. The van der Waals surface area contributed by atoms with Gasteiger partial charge in [-0.2, -0.15) is 0 Å². The second-order valence-electron chi connectivity index (χ2n) is 5.00. The molecule has 1 aliphatic heterocycles. The summed E-state index contributed by atoms with van der Waals surface area (Å²) in [6.07, 6.45) is 3.93. The first kappa shape index (κ1) is 12.3. The topological polar surface area (TPSA) is 29.0 Å². The van der Waals surface area contributed by atoms with Gasteiger partial charge in [0, 0.05) is 11.4 Å². The standard InChI is InChI=1S/C15H15N3S2/c1-2-12-10-4-7-19-13(10)3-6-18(12)14-11-5-8-20-15(11)17-9-16-14/h4-5,7-9,12H,2-3,6H2,1H3/t12-/m0/s1. The van der Waals surface area contributed by atoms with Crippen LogP contribution in [0.1, 0.15) is 29.8 Å². The molecule has 1 atom stereocenters. The molecule has 0 radical (unpaired) electrons. The molecule has 20 heavy (non-hydrogen) atoms. The molecular weight excluding hydrogens is 286 g/mol. The first-order valence-corrected chi connectivity index (χ1v) is 8.65. The zero-order valence-electron chi connectivity index (χ0n) is 11.2. The van der Waals surface area contributed by atoms with E-state index in [4.69, 9.17) is 0 Å². The summed E-state index contributed by atoms with van der Waals surface area (Å²) in [5.41, 5.74) is 1.49. The Kier molecular flexibility index (Phi) is 2.97. The molecule has 1 aliphatic rings. The molecule has 0 fully saturated rings. The second kappa shape index (κ2) is 4.82. The molecule has 0 aromatic carbocycles. The van der Waals surface area contributed by atoms with Gasteiger partial charge in [-0.1, -0.05) is 6.92 Å². The Morgan fingerprint density at radius 1 is 1.25 bits per heavy atom. The van der Waals surface area contributed by atoms with Gasteiger partial charge in [0.05, 0.1) is 11.4 Å². The van der Waals surface area contributed by atoms with Crippen LogP contribution >= 0.6 is 22.7 Å². The van der Waals surface area contributed by atoms with Crippen molar-refractivity contribution in [3.63, 3.8) is 0 Å². The van der Waals surface area contributed by atoms with Crippen LogP contribution in [-0.4, -0.2) is 16.5 Å². The molecule has 3 aromatic heterocycles. The smallest absolute Gasteiger partial charge is 0.141 e. The van der Waals surface area contributed by atoms with Crippen LogP contribution in [0.4, 0.5) is 5.82 Å². The zero-order valence-corrected chi connectivity index (χ0v) is 12.9. The lowest BCUT2D eigenvalue weighted by molar-refractivity contribution is 0.569. The molecule has 0 N–H and O–H groups in total.